The lowest BCUT2D eigenvalue weighted by Crippen LogP contribution is -2.73. The highest BCUT2D eigenvalue weighted by molar-refractivity contribution is 8.03. The van der Waals surface area contributed by atoms with Crippen molar-refractivity contribution in [1.29, 1.82) is 0 Å². The van der Waals surface area contributed by atoms with Crippen LogP contribution in [0.2, 0.25) is 0 Å². The Morgan fingerprint density at radius 2 is 2.18 bits per heavy atom. The number of amides is 1. The van der Waals surface area contributed by atoms with Crippen LogP contribution < -0.4 is 15.2 Å². The van der Waals surface area contributed by atoms with Crippen molar-refractivity contribution in [3.63, 3.8) is 0 Å². The number of carboxylic acid groups (broad SMARTS) is 1. The second-order valence-corrected chi connectivity index (χ2v) is 10.3. The van der Waals surface area contributed by atoms with Crippen LogP contribution in [0.3, 0.4) is 0 Å². The Bertz CT molecular complexity index is 830. The predicted octanol–water partition coefficient (Wildman–Crippen LogP) is -1.59. The lowest BCUT2D eigenvalue weighted by molar-refractivity contribution is -0.827. The summed E-state index contributed by atoms with van der Waals surface area (Å²) in [5.74, 6) is -3.61. The fourth-order valence-corrected chi connectivity index (χ4v) is 6.39. The van der Waals surface area contributed by atoms with E-state index >= 15 is 0 Å². The Kier molecular flexibility index (Phi) is 5.66. The van der Waals surface area contributed by atoms with E-state index < -0.39 is 56.4 Å². The lowest BCUT2D eigenvalue weighted by Gasteiger charge is -2.55. The molecular formula is C15H24N4O7S2. The van der Waals surface area contributed by atoms with E-state index in [4.69, 9.17) is 5.14 Å². The van der Waals surface area contributed by atoms with Gasteiger partial charge in [0.25, 0.3) is 10.2 Å². The van der Waals surface area contributed by atoms with Crippen LogP contribution in [0.1, 0.15) is 20.3 Å². The van der Waals surface area contributed by atoms with Crippen molar-refractivity contribution in [2.24, 2.45) is 17.0 Å². The highest BCUT2D eigenvalue weighted by atomic mass is 32.2. The molecule has 158 valence electrons. The summed E-state index contributed by atoms with van der Waals surface area (Å²) >= 11 is 1.24. The second-order valence-electron chi connectivity index (χ2n) is 7.53. The summed E-state index contributed by atoms with van der Waals surface area (Å²) in [6, 6.07) is -1.02. The zero-order valence-electron chi connectivity index (χ0n) is 15.4. The lowest BCUT2D eigenvalue weighted by atomic mass is 9.78. The molecule has 13 heteroatoms. The number of hydrogen-bond donors (Lipinski definition) is 5. The maximum Gasteiger partial charge on any atom is 0.392 e. The van der Waals surface area contributed by atoms with Crippen LogP contribution in [0.4, 0.5) is 0 Å². The fourth-order valence-electron chi connectivity index (χ4n) is 4.40. The van der Waals surface area contributed by atoms with Crippen molar-refractivity contribution in [2.75, 3.05) is 13.1 Å². The first-order valence-electron chi connectivity index (χ1n) is 8.85. The molecular weight excluding hydrogens is 412 g/mol. The van der Waals surface area contributed by atoms with Crippen LogP contribution in [0.25, 0.3) is 0 Å². The van der Waals surface area contributed by atoms with Gasteiger partial charge >= 0.3 is 11.9 Å². The topological polar surface area (TPSA) is 182 Å². The van der Waals surface area contributed by atoms with Crippen LogP contribution in [0, 0.1) is 17.0 Å². The molecule has 0 saturated carbocycles. The summed E-state index contributed by atoms with van der Waals surface area (Å²) in [4.78, 5) is 24.6. The van der Waals surface area contributed by atoms with Gasteiger partial charge < -0.3 is 20.7 Å². The van der Waals surface area contributed by atoms with Crippen molar-refractivity contribution < 1.29 is 32.9 Å². The third-order valence-corrected chi connectivity index (χ3v) is 7.70. The molecule has 28 heavy (non-hydrogen) atoms. The monoisotopic (exact) mass is 436 g/mol. The molecule has 0 aliphatic carbocycles. The van der Waals surface area contributed by atoms with Gasteiger partial charge in [-0.2, -0.15) is 8.42 Å². The summed E-state index contributed by atoms with van der Waals surface area (Å²) in [7, 11) is -3.80. The third kappa shape index (κ3) is 3.50. The van der Waals surface area contributed by atoms with Gasteiger partial charge in [-0.15, -0.1) is 11.8 Å². The zero-order chi connectivity index (χ0) is 21.0. The fraction of sp³-hybridized carbons (Fsp3) is 0.733. The number of nitrogens with two attached hydrogens (primary N) is 1. The largest absolute Gasteiger partial charge is 0.619 e. The molecule has 2 saturated heterocycles. The first kappa shape index (κ1) is 21.6. The normalized spacial score (nSPS) is 39.0. The van der Waals surface area contributed by atoms with Crippen LogP contribution in [0.15, 0.2) is 10.6 Å². The van der Waals surface area contributed by atoms with Crippen LogP contribution in [0.5, 0.6) is 0 Å². The average molecular weight is 437 g/mol. The molecule has 1 amide bonds. The molecule has 3 aliphatic heterocycles. The molecule has 0 aromatic carbocycles. The molecule has 0 aromatic heterocycles. The first-order chi connectivity index (χ1) is 12.9. The number of carbonyl (C=O) groups excluding carboxylic acids is 1. The molecule has 0 bridgehead atoms. The van der Waals surface area contributed by atoms with Gasteiger partial charge in [-0.3, -0.25) is 4.65 Å². The van der Waals surface area contributed by atoms with Gasteiger partial charge in [-0.1, -0.05) is 6.92 Å². The van der Waals surface area contributed by atoms with Gasteiger partial charge in [0, 0.05) is 30.3 Å². The van der Waals surface area contributed by atoms with Gasteiger partial charge in [-0.05, 0) is 13.3 Å². The number of fused-ring (bicyclic) bond motifs is 1. The molecule has 3 heterocycles. The van der Waals surface area contributed by atoms with Gasteiger partial charge in [0.2, 0.25) is 5.70 Å². The third-order valence-electron chi connectivity index (χ3n) is 5.62. The number of quaternary nitrogens is 1. The Hall–Kier alpha value is -1.06. The van der Waals surface area contributed by atoms with Gasteiger partial charge in [-0.25, -0.2) is 19.5 Å². The SMILES string of the molecule is C[C@@H](O)[C@H]1C(=O)[N+]2([O-])C(C(=O)O)=C(S[C@@H]3CN[C@H](CNS(N)(=O)=O)C3)[C@H](C)[C@H]12. The van der Waals surface area contributed by atoms with E-state index in [1.807, 2.05) is 0 Å². The van der Waals surface area contributed by atoms with Crippen molar-refractivity contribution in [1.82, 2.24) is 10.0 Å². The Labute approximate surface area is 166 Å². The van der Waals surface area contributed by atoms with Crippen LogP contribution in [-0.4, -0.2) is 71.7 Å². The van der Waals surface area contributed by atoms with Crippen LogP contribution in [-0.2, 0) is 19.8 Å². The summed E-state index contributed by atoms with van der Waals surface area (Å²) in [5, 5.41) is 40.6. The number of β-lactam (4-membered cyclic amide) rings is 1. The average Bonchev–Trinajstić information content (AvgIpc) is 3.08. The van der Waals surface area contributed by atoms with Crippen molar-refractivity contribution in [3.8, 4) is 0 Å². The standard InChI is InChI=1S/C15H24N4O7S2/c1-6-11-10(7(2)20)14(21)19(11,24)12(15(22)23)13(6)27-9-3-8(17-5-9)4-18-28(16,25)26/h6-11,17-18,20H,3-5H2,1-2H3,(H,22,23)(H2,16,25,26)/t6-,7-,8+,9+,10-,11-,19?/m1/s1. The number of aliphatic carboxylic acids is 1. The summed E-state index contributed by atoms with van der Waals surface area (Å²) in [6.07, 6.45) is -0.491. The highest BCUT2D eigenvalue weighted by Crippen LogP contribution is 2.56. The summed E-state index contributed by atoms with van der Waals surface area (Å²) in [6.45, 7) is 3.72. The van der Waals surface area contributed by atoms with E-state index in [2.05, 4.69) is 10.0 Å². The predicted molar refractivity (Wildman–Crippen MR) is 100 cm³/mol. The summed E-state index contributed by atoms with van der Waals surface area (Å²) in [5.41, 5.74) is -0.462. The maximum atomic E-state index is 13.1. The van der Waals surface area contributed by atoms with Crippen molar-refractivity contribution in [2.45, 2.75) is 43.7 Å². The summed E-state index contributed by atoms with van der Waals surface area (Å²) < 4.78 is 22.7. The molecule has 2 fully saturated rings. The minimum atomic E-state index is -3.80. The Balaban J connectivity index is 1.77. The zero-order valence-corrected chi connectivity index (χ0v) is 17.0. The number of aliphatic hydroxyl groups is 1. The maximum absolute atomic E-state index is 13.1. The Morgan fingerprint density at radius 1 is 1.54 bits per heavy atom. The number of thioether (sulfide) groups is 1. The van der Waals surface area contributed by atoms with Crippen molar-refractivity contribution in [3.05, 3.63) is 15.8 Å². The molecule has 1 unspecified atom stereocenters. The van der Waals surface area contributed by atoms with Gasteiger partial charge in [0.15, 0.2) is 5.92 Å². The Morgan fingerprint density at radius 3 is 2.71 bits per heavy atom. The number of nitrogens with one attached hydrogen (secondary N) is 2. The van der Waals surface area contributed by atoms with E-state index in [9.17, 15) is 33.4 Å². The molecule has 3 aliphatic rings. The second kappa shape index (κ2) is 7.32. The first-order valence-corrected chi connectivity index (χ1v) is 11.3. The number of aliphatic hydroxyl groups excluding tert-OH is 1. The molecule has 11 nitrogen and oxygen atoms in total. The van der Waals surface area contributed by atoms with Crippen LogP contribution >= 0.6 is 11.8 Å². The van der Waals surface area contributed by atoms with E-state index in [1.54, 1.807) is 6.92 Å². The molecule has 7 atom stereocenters. The number of rotatable bonds is 7. The van der Waals surface area contributed by atoms with E-state index in [1.165, 1.54) is 18.7 Å². The highest BCUT2D eigenvalue weighted by Gasteiger charge is 2.70. The number of nitrogens with zero attached hydrogens (tertiary/aromatic N) is 1. The number of hydrogen-bond acceptors (Lipinski definition) is 8. The number of hydroxylamine groups is 3. The number of carboxylic acids is 1. The smallest absolute Gasteiger partial charge is 0.392 e. The minimum absolute atomic E-state index is 0.0931. The molecule has 6 N–H and O–H groups in total. The molecule has 0 aromatic rings. The quantitative estimate of drug-likeness (QED) is 0.178. The van der Waals surface area contributed by atoms with E-state index in [-0.39, 0.29) is 17.8 Å². The molecule has 0 spiro atoms. The van der Waals surface area contributed by atoms with Gasteiger partial charge in [0.05, 0.1) is 11.0 Å². The van der Waals surface area contributed by atoms with E-state index in [0.717, 1.165) is 0 Å². The van der Waals surface area contributed by atoms with Gasteiger partial charge in [0.1, 0.15) is 6.04 Å². The van der Waals surface area contributed by atoms with E-state index in [0.29, 0.717) is 17.9 Å². The molecule has 3 rings (SSSR count). The van der Waals surface area contributed by atoms with Crippen molar-refractivity contribution >= 4 is 33.8 Å². The minimum Gasteiger partial charge on any atom is -0.619 e. The number of carbonyl (C=O) groups is 2. The molecule has 0 radical (unpaired) electrons.